The quantitative estimate of drug-likeness (QED) is 0.484. The molecule has 0 radical (unpaired) electrons. The molecule has 33 heavy (non-hydrogen) atoms. The van der Waals surface area contributed by atoms with E-state index in [2.05, 4.69) is 10.3 Å². The van der Waals surface area contributed by atoms with Crippen molar-refractivity contribution in [2.45, 2.75) is 59.5 Å². The number of unbranched alkanes of at least 4 members (excludes halogenated alkanes) is 1. The van der Waals surface area contributed by atoms with Crippen molar-refractivity contribution in [3.05, 3.63) is 55.7 Å². The largest absolute Gasteiger partial charge is 0.383 e. The van der Waals surface area contributed by atoms with Crippen molar-refractivity contribution in [1.29, 1.82) is 0 Å². The van der Waals surface area contributed by atoms with Crippen LogP contribution in [0.15, 0.2) is 33.9 Å². The van der Waals surface area contributed by atoms with Crippen LogP contribution in [-0.4, -0.2) is 27.9 Å². The van der Waals surface area contributed by atoms with Crippen LogP contribution in [0.2, 0.25) is 5.02 Å². The van der Waals surface area contributed by atoms with Crippen LogP contribution in [0.1, 0.15) is 58.6 Å². The smallest absolute Gasteiger partial charge is 0.330 e. The molecule has 0 fully saturated rings. The Balaban J connectivity index is 2.49. The van der Waals surface area contributed by atoms with Crippen LogP contribution >= 0.6 is 11.6 Å². The molecule has 2 aromatic rings. The summed E-state index contributed by atoms with van der Waals surface area (Å²) in [5, 5.41) is 3.31. The fourth-order valence-corrected chi connectivity index (χ4v) is 3.67. The maximum atomic E-state index is 13.5. The number of aromatic nitrogens is 2. The lowest BCUT2D eigenvalue weighted by Crippen LogP contribution is -2.43. The molecule has 0 aliphatic heterocycles. The van der Waals surface area contributed by atoms with Crippen molar-refractivity contribution >= 4 is 34.9 Å². The molecule has 2 rings (SSSR count). The highest BCUT2D eigenvalue weighted by Crippen LogP contribution is 2.24. The second-order valence-electron chi connectivity index (χ2n) is 8.41. The number of halogens is 1. The minimum absolute atomic E-state index is 0.0496. The standard InChI is InChI=1S/C23H32ClN5O4/c1-5-6-11-28(20-21(25)29(13-14(2)3)23(33)27-22(20)32)19(31)12-18(26-15(4)30)16-7-9-17(24)10-8-16/h7-10,14,18H,5-6,11-13,25H2,1-4H3,(H,26,30)(H,27,32,33). The van der Waals surface area contributed by atoms with Crippen molar-refractivity contribution in [1.82, 2.24) is 14.9 Å². The SMILES string of the molecule is CCCCN(C(=O)CC(NC(C)=O)c1ccc(Cl)cc1)c1c(N)n(CC(C)C)c(=O)[nH]c1=O. The number of amides is 2. The summed E-state index contributed by atoms with van der Waals surface area (Å²) < 4.78 is 1.28. The molecule has 0 aliphatic rings. The summed E-state index contributed by atoms with van der Waals surface area (Å²) in [5.74, 6) is -0.656. The van der Waals surface area contributed by atoms with Crippen molar-refractivity contribution < 1.29 is 9.59 Å². The monoisotopic (exact) mass is 477 g/mol. The van der Waals surface area contributed by atoms with Gasteiger partial charge in [0.25, 0.3) is 5.56 Å². The fraction of sp³-hybridized carbons (Fsp3) is 0.478. The summed E-state index contributed by atoms with van der Waals surface area (Å²) >= 11 is 5.97. The van der Waals surface area contributed by atoms with E-state index in [0.29, 0.717) is 23.6 Å². The third kappa shape index (κ3) is 6.95. The van der Waals surface area contributed by atoms with Crippen LogP contribution in [-0.2, 0) is 16.1 Å². The molecule has 10 heteroatoms. The Morgan fingerprint density at radius 3 is 2.39 bits per heavy atom. The first-order valence-corrected chi connectivity index (χ1v) is 11.4. The molecule has 1 aromatic heterocycles. The van der Waals surface area contributed by atoms with E-state index in [1.165, 1.54) is 16.4 Å². The summed E-state index contributed by atoms with van der Waals surface area (Å²) in [6.07, 6.45) is 1.30. The third-order valence-electron chi connectivity index (χ3n) is 5.10. The van der Waals surface area contributed by atoms with Crippen LogP contribution in [0.5, 0.6) is 0 Å². The number of carbonyl (C=O) groups is 2. The van der Waals surface area contributed by atoms with Gasteiger partial charge in [-0.15, -0.1) is 0 Å². The lowest BCUT2D eigenvalue weighted by atomic mass is 10.0. The second kappa shape index (κ2) is 11.7. The Morgan fingerprint density at radius 1 is 1.21 bits per heavy atom. The number of hydrogen-bond acceptors (Lipinski definition) is 5. The molecule has 0 saturated carbocycles. The third-order valence-corrected chi connectivity index (χ3v) is 5.35. The number of carbonyl (C=O) groups excluding carboxylic acids is 2. The van der Waals surface area contributed by atoms with E-state index < -0.39 is 23.2 Å². The molecule has 9 nitrogen and oxygen atoms in total. The van der Waals surface area contributed by atoms with Crippen LogP contribution in [0, 0.1) is 5.92 Å². The van der Waals surface area contributed by atoms with Gasteiger partial charge in [-0.25, -0.2) is 4.79 Å². The van der Waals surface area contributed by atoms with E-state index >= 15 is 0 Å². The van der Waals surface area contributed by atoms with Gasteiger partial charge in [-0.05, 0) is 30.0 Å². The van der Waals surface area contributed by atoms with Gasteiger partial charge in [-0.3, -0.25) is 23.9 Å². The molecule has 0 bridgehead atoms. The lowest BCUT2D eigenvalue weighted by Gasteiger charge is -2.27. The highest BCUT2D eigenvalue weighted by Gasteiger charge is 2.27. The van der Waals surface area contributed by atoms with E-state index in [0.717, 1.165) is 6.42 Å². The predicted molar refractivity (Wildman–Crippen MR) is 130 cm³/mol. The van der Waals surface area contributed by atoms with Gasteiger partial charge >= 0.3 is 5.69 Å². The van der Waals surface area contributed by atoms with Crippen molar-refractivity contribution in [3.8, 4) is 0 Å². The number of hydrogen-bond donors (Lipinski definition) is 3. The zero-order valence-electron chi connectivity index (χ0n) is 19.5. The van der Waals surface area contributed by atoms with Crippen LogP contribution in [0.25, 0.3) is 0 Å². The molecule has 2 amide bonds. The Bertz CT molecular complexity index is 1090. The number of nitrogens with one attached hydrogen (secondary N) is 2. The summed E-state index contributed by atoms with van der Waals surface area (Å²) in [4.78, 5) is 53.9. The Kier molecular flexibility index (Phi) is 9.28. The number of anilines is 2. The predicted octanol–water partition coefficient (Wildman–Crippen LogP) is 2.83. The van der Waals surface area contributed by atoms with Crippen molar-refractivity contribution in [2.75, 3.05) is 17.2 Å². The van der Waals surface area contributed by atoms with Crippen molar-refractivity contribution in [3.63, 3.8) is 0 Å². The second-order valence-corrected chi connectivity index (χ2v) is 8.84. The number of aromatic amines is 1. The Hall–Kier alpha value is -3.07. The van der Waals surface area contributed by atoms with Crippen LogP contribution in [0.3, 0.4) is 0 Å². The number of H-pyrrole nitrogens is 1. The molecule has 0 saturated heterocycles. The van der Waals surface area contributed by atoms with E-state index in [1.54, 1.807) is 24.3 Å². The van der Waals surface area contributed by atoms with E-state index in [9.17, 15) is 19.2 Å². The molecule has 1 unspecified atom stereocenters. The van der Waals surface area contributed by atoms with Gasteiger partial charge in [0, 0.05) is 25.0 Å². The molecule has 0 aliphatic carbocycles. The molecule has 4 N–H and O–H groups in total. The normalized spacial score (nSPS) is 11.9. The summed E-state index contributed by atoms with van der Waals surface area (Å²) in [6.45, 7) is 7.71. The van der Waals surface area contributed by atoms with Crippen molar-refractivity contribution in [2.24, 2.45) is 5.92 Å². The molecular formula is C23H32ClN5O4. The van der Waals surface area contributed by atoms with Gasteiger partial charge in [0.2, 0.25) is 11.8 Å². The zero-order valence-corrected chi connectivity index (χ0v) is 20.2. The van der Waals surface area contributed by atoms with E-state index in [-0.39, 0.29) is 36.3 Å². The molecule has 1 atom stereocenters. The fourth-order valence-electron chi connectivity index (χ4n) is 3.54. The average Bonchev–Trinajstić information content (AvgIpc) is 2.72. The molecule has 180 valence electrons. The van der Waals surface area contributed by atoms with Crippen LogP contribution < -0.4 is 27.2 Å². The van der Waals surface area contributed by atoms with E-state index in [4.69, 9.17) is 17.3 Å². The maximum absolute atomic E-state index is 13.5. The lowest BCUT2D eigenvalue weighted by molar-refractivity contribution is -0.121. The van der Waals surface area contributed by atoms with E-state index in [1.807, 2.05) is 20.8 Å². The van der Waals surface area contributed by atoms with Gasteiger partial charge in [0.15, 0.2) is 5.69 Å². The number of nitrogen functional groups attached to an aromatic ring is 1. The van der Waals surface area contributed by atoms with Gasteiger partial charge in [0.1, 0.15) is 5.82 Å². The van der Waals surface area contributed by atoms with Gasteiger partial charge in [-0.1, -0.05) is 50.9 Å². The zero-order chi connectivity index (χ0) is 24.7. The molecular weight excluding hydrogens is 446 g/mol. The van der Waals surface area contributed by atoms with Gasteiger partial charge in [-0.2, -0.15) is 0 Å². The Morgan fingerprint density at radius 2 is 1.85 bits per heavy atom. The molecule has 1 aromatic carbocycles. The number of rotatable bonds is 10. The number of nitrogens with zero attached hydrogens (tertiary/aromatic N) is 2. The average molecular weight is 478 g/mol. The number of nitrogens with two attached hydrogens (primary N) is 1. The highest BCUT2D eigenvalue weighted by atomic mass is 35.5. The minimum atomic E-state index is -0.718. The summed E-state index contributed by atoms with van der Waals surface area (Å²) in [7, 11) is 0. The maximum Gasteiger partial charge on any atom is 0.330 e. The summed E-state index contributed by atoms with van der Waals surface area (Å²) in [5.41, 5.74) is 5.56. The van der Waals surface area contributed by atoms with Gasteiger partial charge < -0.3 is 16.0 Å². The molecule has 1 heterocycles. The Labute approximate surface area is 197 Å². The first-order valence-electron chi connectivity index (χ1n) is 11.0. The topological polar surface area (TPSA) is 130 Å². The first kappa shape index (κ1) is 26.2. The molecule has 0 spiro atoms. The first-order chi connectivity index (χ1) is 15.5. The summed E-state index contributed by atoms with van der Waals surface area (Å²) in [6, 6.07) is 6.19. The number of benzene rings is 1. The highest BCUT2D eigenvalue weighted by molar-refractivity contribution is 6.30. The van der Waals surface area contributed by atoms with Gasteiger partial charge in [0.05, 0.1) is 12.5 Å². The minimum Gasteiger partial charge on any atom is -0.383 e. The van der Waals surface area contributed by atoms with Crippen LogP contribution in [0.4, 0.5) is 11.5 Å².